The number of nitrogens with one attached hydrogen (secondary N) is 1. The van der Waals surface area contributed by atoms with Crippen LogP contribution >= 0.6 is 11.8 Å². The van der Waals surface area contributed by atoms with Gasteiger partial charge < -0.3 is 5.32 Å². The minimum absolute atomic E-state index is 0.108. The van der Waals surface area contributed by atoms with Gasteiger partial charge >= 0.3 is 0 Å². The Hall–Kier alpha value is -2.00. The van der Waals surface area contributed by atoms with Gasteiger partial charge in [-0.05, 0) is 38.5 Å². The van der Waals surface area contributed by atoms with Crippen molar-refractivity contribution in [1.82, 2.24) is 5.32 Å². The molecular formula is C19H19NOS. The molecule has 2 aromatic carbocycles. The number of hydrogen-bond acceptors (Lipinski definition) is 3. The van der Waals surface area contributed by atoms with Crippen molar-refractivity contribution in [3.63, 3.8) is 0 Å². The van der Waals surface area contributed by atoms with E-state index in [1.807, 2.05) is 54.6 Å². The summed E-state index contributed by atoms with van der Waals surface area (Å²) in [6.07, 6.45) is 0. The van der Waals surface area contributed by atoms with Gasteiger partial charge in [0.2, 0.25) is 5.78 Å². The highest BCUT2D eigenvalue weighted by Gasteiger charge is 2.30. The summed E-state index contributed by atoms with van der Waals surface area (Å²) in [6.45, 7) is 6.31. The van der Waals surface area contributed by atoms with Crippen LogP contribution in [0.2, 0.25) is 0 Å². The fourth-order valence-electron chi connectivity index (χ4n) is 2.43. The molecule has 1 N–H and O–H groups in total. The van der Waals surface area contributed by atoms with Gasteiger partial charge in [-0.15, -0.1) is 0 Å². The molecule has 0 aliphatic carbocycles. The molecule has 0 fully saturated rings. The molecule has 0 bridgehead atoms. The van der Waals surface area contributed by atoms with Crippen molar-refractivity contribution in [2.24, 2.45) is 0 Å². The fraction of sp³-hybridized carbons (Fsp3) is 0.211. The zero-order chi connectivity index (χ0) is 15.7. The molecule has 1 aliphatic heterocycles. The Kier molecular flexibility index (Phi) is 3.83. The lowest BCUT2D eigenvalue weighted by Crippen LogP contribution is -2.35. The topological polar surface area (TPSA) is 29.1 Å². The van der Waals surface area contributed by atoms with Crippen molar-refractivity contribution in [3.05, 3.63) is 70.6 Å². The first-order valence-electron chi connectivity index (χ1n) is 7.35. The Morgan fingerprint density at radius 2 is 1.59 bits per heavy atom. The van der Waals surface area contributed by atoms with E-state index in [0.29, 0.717) is 0 Å². The molecule has 2 nitrogen and oxygen atoms in total. The minimum Gasteiger partial charge on any atom is -0.379 e. The van der Waals surface area contributed by atoms with Gasteiger partial charge in [0.15, 0.2) is 0 Å². The molecule has 0 saturated carbocycles. The number of thioether (sulfide) groups is 1. The highest BCUT2D eigenvalue weighted by Crippen LogP contribution is 2.43. The van der Waals surface area contributed by atoms with Crippen LogP contribution in [0.15, 0.2) is 64.4 Å². The summed E-state index contributed by atoms with van der Waals surface area (Å²) in [6, 6.07) is 17.9. The Morgan fingerprint density at radius 3 is 2.23 bits per heavy atom. The summed E-state index contributed by atoms with van der Waals surface area (Å²) in [5, 5.41) is 3.52. The van der Waals surface area contributed by atoms with Crippen LogP contribution in [-0.4, -0.2) is 11.3 Å². The summed E-state index contributed by atoms with van der Waals surface area (Å²) in [7, 11) is 0. The lowest BCUT2D eigenvalue weighted by atomic mass is 10.0. The molecule has 0 spiro atoms. The first-order valence-corrected chi connectivity index (χ1v) is 8.17. The van der Waals surface area contributed by atoms with E-state index in [9.17, 15) is 4.79 Å². The molecule has 1 aliphatic rings. The molecule has 3 heteroatoms. The maximum absolute atomic E-state index is 12.8. The number of carbonyl (C=O) groups excluding carboxylic acids is 1. The van der Waals surface area contributed by atoms with E-state index in [4.69, 9.17) is 0 Å². The number of allylic oxidation sites excluding steroid dienone is 1. The van der Waals surface area contributed by atoms with Gasteiger partial charge in [-0.2, -0.15) is 0 Å². The van der Waals surface area contributed by atoms with Crippen LogP contribution in [0.1, 0.15) is 36.7 Å². The summed E-state index contributed by atoms with van der Waals surface area (Å²) in [4.78, 5) is 14.6. The van der Waals surface area contributed by atoms with E-state index >= 15 is 0 Å². The van der Waals surface area contributed by atoms with E-state index in [-0.39, 0.29) is 11.3 Å². The third-order valence-electron chi connectivity index (χ3n) is 3.34. The van der Waals surface area contributed by atoms with E-state index in [1.54, 1.807) is 11.8 Å². The maximum Gasteiger partial charge on any atom is 0.202 e. The van der Waals surface area contributed by atoms with Crippen molar-refractivity contribution >= 4 is 23.2 Å². The predicted octanol–water partition coefficient (Wildman–Crippen LogP) is 4.73. The smallest absolute Gasteiger partial charge is 0.202 e. The molecule has 0 unspecified atom stereocenters. The van der Waals surface area contributed by atoms with Crippen molar-refractivity contribution < 1.29 is 4.79 Å². The summed E-state index contributed by atoms with van der Waals surface area (Å²) in [5.74, 6) is 0.108. The van der Waals surface area contributed by atoms with Gasteiger partial charge in [0.25, 0.3) is 0 Å². The lowest BCUT2D eigenvalue weighted by molar-refractivity contribution is 0.104. The van der Waals surface area contributed by atoms with Crippen LogP contribution in [0, 0.1) is 0 Å². The molecule has 22 heavy (non-hydrogen) atoms. The van der Waals surface area contributed by atoms with E-state index < -0.39 is 0 Å². The monoisotopic (exact) mass is 309 g/mol. The molecule has 0 aromatic heterocycles. The third kappa shape index (κ3) is 2.95. The molecule has 3 rings (SSSR count). The SMILES string of the molecule is CC(C)(C)N/C(=C1/Sc2ccccc2C1=O)c1ccccc1. The van der Waals surface area contributed by atoms with Crippen molar-refractivity contribution in [2.45, 2.75) is 31.2 Å². The number of Topliss-reactive ketones (excluding diaryl/α,β-unsaturated/α-hetero) is 1. The summed E-state index contributed by atoms with van der Waals surface area (Å²) in [5.41, 5.74) is 2.64. The van der Waals surface area contributed by atoms with Crippen LogP contribution in [0.5, 0.6) is 0 Å². The Morgan fingerprint density at radius 1 is 0.955 bits per heavy atom. The summed E-state index contributed by atoms with van der Waals surface area (Å²) < 4.78 is 0. The van der Waals surface area contributed by atoms with Gasteiger partial charge in [0.1, 0.15) is 0 Å². The van der Waals surface area contributed by atoms with Gasteiger partial charge in [-0.1, -0.05) is 54.2 Å². The molecular weight excluding hydrogens is 290 g/mol. The summed E-state index contributed by atoms with van der Waals surface area (Å²) >= 11 is 1.56. The second-order valence-electron chi connectivity index (χ2n) is 6.37. The average molecular weight is 309 g/mol. The van der Waals surface area contributed by atoms with Crippen molar-refractivity contribution in [1.29, 1.82) is 0 Å². The number of rotatable bonds is 2. The van der Waals surface area contributed by atoms with Crippen molar-refractivity contribution in [2.75, 3.05) is 0 Å². The van der Waals surface area contributed by atoms with Crippen LogP contribution in [0.4, 0.5) is 0 Å². The molecule has 1 heterocycles. The largest absolute Gasteiger partial charge is 0.379 e. The quantitative estimate of drug-likeness (QED) is 0.813. The van der Waals surface area contributed by atoms with Crippen LogP contribution in [-0.2, 0) is 0 Å². The third-order valence-corrected chi connectivity index (χ3v) is 4.51. The average Bonchev–Trinajstić information content (AvgIpc) is 2.82. The minimum atomic E-state index is -0.117. The second kappa shape index (κ2) is 5.65. The molecule has 0 amide bonds. The predicted molar refractivity (Wildman–Crippen MR) is 92.9 cm³/mol. The first-order chi connectivity index (χ1) is 10.5. The van der Waals surface area contributed by atoms with Gasteiger partial charge in [-0.3, -0.25) is 4.79 Å². The highest BCUT2D eigenvalue weighted by molar-refractivity contribution is 8.05. The van der Waals surface area contributed by atoms with E-state index in [0.717, 1.165) is 26.6 Å². The van der Waals surface area contributed by atoms with E-state index in [1.165, 1.54) is 0 Å². The highest BCUT2D eigenvalue weighted by atomic mass is 32.2. The Bertz CT molecular complexity index is 742. The number of fused-ring (bicyclic) bond motifs is 1. The van der Waals surface area contributed by atoms with Gasteiger partial charge in [-0.25, -0.2) is 0 Å². The Balaban J connectivity index is 2.12. The maximum atomic E-state index is 12.8. The number of carbonyl (C=O) groups is 1. The van der Waals surface area contributed by atoms with Crippen LogP contribution < -0.4 is 5.32 Å². The van der Waals surface area contributed by atoms with Gasteiger partial charge in [0, 0.05) is 16.0 Å². The zero-order valence-corrected chi connectivity index (χ0v) is 13.8. The normalized spacial score (nSPS) is 16.4. The molecule has 0 atom stereocenters. The Labute approximate surface area is 135 Å². The molecule has 0 saturated heterocycles. The lowest BCUT2D eigenvalue weighted by Gasteiger charge is -2.25. The van der Waals surface area contributed by atoms with Crippen LogP contribution in [0.3, 0.4) is 0 Å². The number of benzene rings is 2. The van der Waals surface area contributed by atoms with Crippen LogP contribution in [0.25, 0.3) is 5.70 Å². The fourth-order valence-corrected chi connectivity index (χ4v) is 3.54. The first kappa shape index (κ1) is 14.9. The van der Waals surface area contributed by atoms with Gasteiger partial charge in [0.05, 0.1) is 10.6 Å². The molecule has 112 valence electrons. The molecule has 0 radical (unpaired) electrons. The van der Waals surface area contributed by atoms with Crippen molar-refractivity contribution in [3.8, 4) is 0 Å². The van der Waals surface area contributed by atoms with E-state index in [2.05, 4.69) is 26.1 Å². The number of hydrogen-bond donors (Lipinski definition) is 1. The number of ketones is 1. The molecule has 2 aromatic rings. The zero-order valence-electron chi connectivity index (χ0n) is 13.0. The standard InChI is InChI=1S/C19H19NOS/c1-19(2,3)20-16(13-9-5-4-6-10-13)18-17(21)14-11-7-8-12-15(14)22-18/h4-12,20H,1-3H3/b18-16+. The second-order valence-corrected chi connectivity index (χ2v) is 7.42.